The lowest BCUT2D eigenvalue weighted by molar-refractivity contribution is 0.0691. The van der Waals surface area contributed by atoms with Gasteiger partial charge < -0.3 is 15.5 Å². The number of nitrogens with one attached hydrogen (secondary N) is 1. The first-order valence-corrected chi connectivity index (χ1v) is 5.20. The molecule has 1 unspecified atom stereocenters. The van der Waals surface area contributed by atoms with Gasteiger partial charge in [0.2, 0.25) is 0 Å². The number of carbonyl (C=O) groups is 1. The molecule has 0 radical (unpaired) electrons. The molecule has 0 aliphatic heterocycles. The van der Waals surface area contributed by atoms with E-state index in [1.54, 1.807) is 0 Å². The predicted octanol–water partition coefficient (Wildman–Crippen LogP) is 1.67. The molecule has 0 saturated carbocycles. The minimum atomic E-state index is -1.59. The molecule has 0 bridgehead atoms. The van der Waals surface area contributed by atoms with Crippen LogP contribution in [0.3, 0.4) is 0 Å². The maximum absolute atomic E-state index is 13.2. The third kappa shape index (κ3) is 3.28. The molecule has 17 heavy (non-hydrogen) atoms. The van der Waals surface area contributed by atoms with Crippen LogP contribution in [0.2, 0.25) is 0 Å². The lowest BCUT2D eigenvalue weighted by atomic mass is 10.1. The summed E-state index contributed by atoms with van der Waals surface area (Å²) in [5.41, 5.74) is -0.910. The molecule has 7 heteroatoms. The normalized spacial score (nSPS) is 12.2. The lowest BCUT2D eigenvalue weighted by Gasteiger charge is -2.12. The predicted molar refractivity (Wildman–Crippen MR) is 58.5 cm³/mol. The number of carboxylic acid groups (broad SMARTS) is 1. The van der Waals surface area contributed by atoms with E-state index in [0.29, 0.717) is 0 Å². The smallest absolute Gasteiger partial charge is 0.340 e. The quantitative estimate of drug-likeness (QED) is 0.709. The molecule has 3 N–H and O–H groups in total. The summed E-state index contributed by atoms with van der Waals surface area (Å²) in [6.07, 6.45) is -0.911. The van der Waals surface area contributed by atoms with Gasteiger partial charge in [0.25, 0.3) is 0 Å². The average Bonchev–Trinajstić information content (AvgIpc) is 2.29. The largest absolute Gasteiger partial charge is 0.478 e. The molecule has 0 aliphatic carbocycles. The molecule has 0 saturated heterocycles. The number of anilines is 1. The molecule has 0 fully saturated rings. The standard InChI is InChI=1S/C10H10ClF2NO3/c11-3-5(15)4-14-7-2-1-6(12)9(13)8(7)10(16)17/h1-2,5,14-15H,3-4H2,(H,16,17). The Kier molecular flexibility index (Phi) is 4.65. The number of aromatic carboxylic acids is 1. The summed E-state index contributed by atoms with van der Waals surface area (Å²) in [6, 6.07) is 1.89. The van der Waals surface area contributed by atoms with Crippen molar-refractivity contribution in [2.24, 2.45) is 0 Å². The molecule has 1 aromatic carbocycles. The van der Waals surface area contributed by atoms with E-state index in [2.05, 4.69) is 5.32 Å². The van der Waals surface area contributed by atoms with E-state index >= 15 is 0 Å². The number of rotatable bonds is 5. The van der Waals surface area contributed by atoms with Crippen LogP contribution in [0.15, 0.2) is 12.1 Å². The van der Waals surface area contributed by atoms with Crippen molar-refractivity contribution in [1.29, 1.82) is 0 Å². The molecule has 0 aliphatic rings. The Balaban J connectivity index is 2.99. The summed E-state index contributed by atoms with van der Waals surface area (Å²) in [5, 5.41) is 20.4. The summed E-state index contributed by atoms with van der Waals surface area (Å²) >= 11 is 5.34. The van der Waals surface area contributed by atoms with E-state index in [-0.39, 0.29) is 18.1 Å². The average molecular weight is 266 g/mol. The molecular formula is C10H10ClF2NO3. The number of hydrogen-bond donors (Lipinski definition) is 3. The summed E-state index contributed by atoms with van der Waals surface area (Å²) in [5.74, 6) is -4.34. The van der Waals surface area contributed by atoms with Crippen LogP contribution in [0.4, 0.5) is 14.5 Å². The first-order valence-electron chi connectivity index (χ1n) is 4.66. The fourth-order valence-corrected chi connectivity index (χ4v) is 1.30. The SMILES string of the molecule is O=C(O)c1c(NCC(O)CCl)ccc(F)c1F. The minimum absolute atomic E-state index is 0.0565. The summed E-state index contributed by atoms with van der Waals surface area (Å²) in [6.45, 7) is -0.0607. The highest BCUT2D eigenvalue weighted by Crippen LogP contribution is 2.21. The van der Waals surface area contributed by atoms with Crippen molar-refractivity contribution in [1.82, 2.24) is 0 Å². The van der Waals surface area contributed by atoms with E-state index in [9.17, 15) is 13.6 Å². The number of alkyl halides is 1. The number of carboxylic acids is 1. The molecule has 0 aromatic heterocycles. The molecule has 0 heterocycles. The zero-order chi connectivity index (χ0) is 13.0. The van der Waals surface area contributed by atoms with Gasteiger partial charge in [-0.15, -0.1) is 11.6 Å². The van der Waals surface area contributed by atoms with Crippen molar-refractivity contribution in [3.63, 3.8) is 0 Å². The van der Waals surface area contributed by atoms with Gasteiger partial charge in [0.05, 0.1) is 17.7 Å². The Bertz CT molecular complexity index is 428. The molecule has 1 atom stereocenters. The third-order valence-electron chi connectivity index (χ3n) is 2.01. The molecule has 1 aromatic rings. The first kappa shape index (κ1) is 13.7. The fourth-order valence-electron chi connectivity index (χ4n) is 1.19. The molecule has 4 nitrogen and oxygen atoms in total. The third-order valence-corrected chi connectivity index (χ3v) is 2.37. The maximum atomic E-state index is 13.2. The Hall–Kier alpha value is -1.40. The van der Waals surface area contributed by atoms with E-state index in [4.69, 9.17) is 21.8 Å². The van der Waals surface area contributed by atoms with Crippen molar-refractivity contribution in [3.05, 3.63) is 29.3 Å². The topological polar surface area (TPSA) is 69.6 Å². The van der Waals surface area contributed by atoms with Gasteiger partial charge in [0, 0.05) is 6.54 Å². The Labute approximate surface area is 101 Å². The van der Waals surface area contributed by atoms with Crippen LogP contribution in [-0.2, 0) is 0 Å². The Morgan fingerprint density at radius 2 is 2.12 bits per heavy atom. The van der Waals surface area contributed by atoms with Crippen molar-refractivity contribution in [2.75, 3.05) is 17.7 Å². The maximum Gasteiger partial charge on any atom is 0.340 e. The molecule has 1 rings (SSSR count). The highest BCUT2D eigenvalue weighted by molar-refractivity contribution is 6.18. The highest BCUT2D eigenvalue weighted by atomic mass is 35.5. The molecule has 94 valence electrons. The lowest BCUT2D eigenvalue weighted by Crippen LogP contribution is -2.22. The van der Waals surface area contributed by atoms with Gasteiger partial charge in [-0.3, -0.25) is 0 Å². The van der Waals surface area contributed by atoms with Gasteiger partial charge in [-0.25, -0.2) is 13.6 Å². The number of aliphatic hydroxyl groups is 1. The van der Waals surface area contributed by atoms with Gasteiger partial charge in [0.15, 0.2) is 11.6 Å². The van der Waals surface area contributed by atoms with Gasteiger partial charge in [-0.05, 0) is 12.1 Å². The summed E-state index contributed by atoms with van der Waals surface area (Å²) in [4.78, 5) is 10.8. The van der Waals surface area contributed by atoms with Crippen molar-refractivity contribution >= 4 is 23.3 Å². The highest BCUT2D eigenvalue weighted by Gasteiger charge is 2.19. The van der Waals surface area contributed by atoms with Crippen LogP contribution >= 0.6 is 11.6 Å². The van der Waals surface area contributed by atoms with Gasteiger partial charge in [-0.1, -0.05) is 0 Å². The molecule has 0 amide bonds. The zero-order valence-electron chi connectivity index (χ0n) is 8.58. The number of halogens is 3. The van der Waals surface area contributed by atoms with E-state index in [0.717, 1.165) is 12.1 Å². The van der Waals surface area contributed by atoms with Crippen molar-refractivity contribution in [3.8, 4) is 0 Å². The van der Waals surface area contributed by atoms with Gasteiger partial charge >= 0.3 is 5.97 Å². The second-order valence-corrected chi connectivity index (χ2v) is 3.59. The number of aliphatic hydroxyl groups excluding tert-OH is 1. The first-order chi connectivity index (χ1) is 7.97. The van der Waals surface area contributed by atoms with Gasteiger partial charge in [-0.2, -0.15) is 0 Å². The minimum Gasteiger partial charge on any atom is -0.478 e. The van der Waals surface area contributed by atoms with Crippen LogP contribution in [-0.4, -0.2) is 34.7 Å². The molecular weight excluding hydrogens is 256 g/mol. The zero-order valence-corrected chi connectivity index (χ0v) is 9.34. The Morgan fingerprint density at radius 3 is 2.65 bits per heavy atom. The van der Waals surface area contributed by atoms with Crippen LogP contribution in [0.5, 0.6) is 0 Å². The van der Waals surface area contributed by atoms with Crippen LogP contribution in [0.1, 0.15) is 10.4 Å². The van der Waals surface area contributed by atoms with Crippen LogP contribution < -0.4 is 5.32 Å². The van der Waals surface area contributed by atoms with Crippen molar-refractivity contribution in [2.45, 2.75) is 6.10 Å². The summed E-state index contributed by atoms with van der Waals surface area (Å²) in [7, 11) is 0. The second-order valence-electron chi connectivity index (χ2n) is 3.28. The van der Waals surface area contributed by atoms with Crippen LogP contribution in [0, 0.1) is 11.6 Å². The second kappa shape index (κ2) is 5.79. The Morgan fingerprint density at radius 1 is 1.47 bits per heavy atom. The van der Waals surface area contributed by atoms with E-state index < -0.39 is 29.3 Å². The molecule has 0 spiro atoms. The fraction of sp³-hybridized carbons (Fsp3) is 0.300. The van der Waals surface area contributed by atoms with Crippen LogP contribution in [0.25, 0.3) is 0 Å². The monoisotopic (exact) mass is 265 g/mol. The number of hydrogen-bond acceptors (Lipinski definition) is 3. The van der Waals surface area contributed by atoms with Crippen molar-refractivity contribution < 1.29 is 23.8 Å². The van der Waals surface area contributed by atoms with E-state index in [1.807, 2.05) is 0 Å². The van der Waals surface area contributed by atoms with E-state index in [1.165, 1.54) is 0 Å². The van der Waals surface area contributed by atoms with Gasteiger partial charge in [0.1, 0.15) is 5.56 Å². The summed E-state index contributed by atoms with van der Waals surface area (Å²) < 4.78 is 26.1. The number of benzene rings is 1.